The van der Waals surface area contributed by atoms with Gasteiger partial charge in [0.2, 0.25) is 15.9 Å². The van der Waals surface area contributed by atoms with Crippen molar-refractivity contribution in [1.82, 2.24) is 9.21 Å². The molecule has 5 nitrogen and oxygen atoms in total. The Labute approximate surface area is 150 Å². The van der Waals surface area contributed by atoms with Crippen molar-refractivity contribution in [2.45, 2.75) is 37.0 Å². The Bertz CT molecular complexity index is 726. The van der Waals surface area contributed by atoms with E-state index in [9.17, 15) is 13.2 Å². The van der Waals surface area contributed by atoms with Crippen LogP contribution in [0.4, 0.5) is 0 Å². The Morgan fingerprint density at radius 3 is 2.32 bits per heavy atom. The number of benzene rings is 1. The molecule has 1 aromatic carbocycles. The van der Waals surface area contributed by atoms with Crippen LogP contribution in [-0.4, -0.2) is 49.7 Å². The van der Waals surface area contributed by atoms with Gasteiger partial charge in [-0.25, -0.2) is 8.42 Å². The molecule has 2 aliphatic carbocycles. The van der Waals surface area contributed by atoms with E-state index in [1.807, 2.05) is 11.0 Å². The van der Waals surface area contributed by atoms with Crippen molar-refractivity contribution in [3.8, 4) is 0 Å². The van der Waals surface area contributed by atoms with Crippen LogP contribution in [0.2, 0.25) is 0 Å². The molecule has 4 rings (SSSR count). The third-order valence-electron chi connectivity index (χ3n) is 6.29. The monoisotopic (exact) mass is 362 g/mol. The second-order valence-electron chi connectivity index (χ2n) is 7.74. The van der Waals surface area contributed by atoms with Gasteiger partial charge in [0.1, 0.15) is 0 Å². The van der Waals surface area contributed by atoms with Crippen molar-refractivity contribution in [2.24, 2.45) is 17.8 Å². The molecule has 0 radical (unpaired) electrons. The van der Waals surface area contributed by atoms with Crippen molar-refractivity contribution < 1.29 is 13.2 Å². The van der Waals surface area contributed by atoms with Gasteiger partial charge in [0.15, 0.2) is 0 Å². The number of piperazine rings is 1. The van der Waals surface area contributed by atoms with E-state index in [0.29, 0.717) is 43.4 Å². The van der Waals surface area contributed by atoms with Crippen LogP contribution in [0.25, 0.3) is 0 Å². The lowest BCUT2D eigenvalue weighted by Gasteiger charge is -2.35. The van der Waals surface area contributed by atoms with Gasteiger partial charge in [-0.1, -0.05) is 24.6 Å². The molecule has 136 valence electrons. The smallest absolute Gasteiger partial charge is 0.243 e. The van der Waals surface area contributed by atoms with Crippen molar-refractivity contribution >= 4 is 15.9 Å². The molecule has 3 atom stereocenters. The molecule has 3 fully saturated rings. The summed E-state index contributed by atoms with van der Waals surface area (Å²) in [6, 6.07) is 8.54. The molecule has 0 aromatic heterocycles. The van der Waals surface area contributed by atoms with E-state index in [0.717, 1.165) is 11.8 Å². The summed E-state index contributed by atoms with van der Waals surface area (Å²) in [4.78, 5) is 14.8. The van der Waals surface area contributed by atoms with Gasteiger partial charge in [0.25, 0.3) is 0 Å². The Kier molecular flexibility index (Phi) is 4.58. The van der Waals surface area contributed by atoms with E-state index in [4.69, 9.17) is 0 Å². The minimum atomic E-state index is -3.45. The maximum atomic E-state index is 12.7. The van der Waals surface area contributed by atoms with E-state index >= 15 is 0 Å². The molecule has 2 saturated carbocycles. The number of hydrogen-bond donors (Lipinski definition) is 0. The highest BCUT2D eigenvalue weighted by Crippen LogP contribution is 2.49. The largest absolute Gasteiger partial charge is 0.340 e. The second kappa shape index (κ2) is 6.72. The third-order valence-corrected chi connectivity index (χ3v) is 8.21. The Morgan fingerprint density at radius 1 is 1.00 bits per heavy atom. The van der Waals surface area contributed by atoms with E-state index in [2.05, 4.69) is 0 Å². The molecular formula is C19H26N2O3S. The Morgan fingerprint density at radius 2 is 1.72 bits per heavy atom. The fourth-order valence-electron chi connectivity index (χ4n) is 4.90. The first kappa shape index (κ1) is 17.0. The van der Waals surface area contributed by atoms with Gasteiger partial charge in [0, 0.05) is 32.6 Å². The highest BCUT2D eigenvalue weighted by atomic mass is 32.2. The van der Waals surface area contributed by atoms with Gasteiger partial charge in [-0.3, -0.25) is 4.79 Å². The van der Waals surface area contributed by atoms with E-state index < -0.39 is 10.0 Å². The molecule has 1 heterocycles. The maximum Gasteiger partial charge on any atom is 0.243 e. The van der Waals surface area contributed by atoms with Gasteiger partial charge in [-0.15, -0.1) is 0 Å². The van der Waals surface area contributed by atoms with Crippen LogP contribution < -0.4 is 0 Å². The van der Waals surface area contributed by atoms with Crippen molar-refractivity contribution in [3.63, 3.8) is 0 Å². The van der Waals surface area contributed by atoms with Gasteiger partial charge in [-0.05, 0) is 49.1 Å². The average molecular weight is 362 g/mol. The molecule has 1 aromatic rings. The maximum absolute atomic E-state index is 12.7. The van der Waals surface area contributed by atoms with Crippen LogP contribution in [0, 0.1) is 17.8 Å². The summed E-state index contributed by atoms with van der Waals surface area (Å²) in [5.41, 5.74) is 0. The summed E-state index contributed by atoms with van der Waals surface area (Å²) in [5, 5.41) is 0. The number of amides is 1. The fraction of sp³-hybridized carbons (Fsp3) is 0.632. The van der Waals surface area contributed by atoms with E-state index in [-0.39, 0.29) is 5.91 Å². The Balaban J connectivity index is 1.33. The van der Waals surface area contributed by atoms with Crippen LogP contribution in [0.5, 0.6) is 0 Å². The molecule has 1 aliphatic heterocycles. The molecule has 0 N–H and O–H groups in total. The number of rotatable bonds is 4. The summed E-state index contributed by atoms with van der Waals surface area (Å²) in [5.74, 6) is 2.40. The minimum absolute atomic E-state index is 0.217. The summed E-state index contributed by atoms with van der Waals surface area (Å²) in [7, 11) is -3.45. The molecule has 3 aliphatic rings. The lowest BCUT2D eigenvalue weighted by atomic mass is 9.86. The lowest BCUT2D eigenvalue weighted by molar-refractivity contribution is -0.133. The standard InChI is InChI=1S/C19H26N2O3S/c22-19(14-17-13-15-6-7-16(17)12-15)20-8-10-21(11-9-20)25(23,24)18-4-2-1-3-5-18/h1-5,15-17H,6-14H2/t15-,16-,17-/m0/s1. The first-order chi connectivity index (χ1) is 12.0. The summed E-state index contributed by atoms with van der Waals surface area (Å²) in [6.07, 6.45) is 5.85. The first-order valence-electron chi connectivity index (χ1n) is 9.37. The third kappa shape index (κ3) is 3.34. The van der Waals surface area contributed by atoms with Crippen LogP contribution in [0.1, 0.15) is 32.1 Å². The fourth-order valence-corrected chi connectivity index (χ4v) is 6.34. The minimum Gasteiger partial charge on any atom is -0.340 e. The molecule has 1 saturated heterocycles. The molecule has 0 unspecified atom stereocenters. The second-order valence-corrected chi connectivity index (χ2v) is 9.67. The zero-order chi connectivity index (χ0) is 17.4. The quantitative estimate of drug-likeness (QED) is 0.826. The van der Waals surface area contributed by atoms with Crippen LogP contribution in [-0.2, 0) is 14.8 Å². The summed E-state index contributed by atoms with van der Waals surface area (Å²) >= 11 is 0. The summed E-state index contributed by atoms with van der Waals surface area (Å²) in [6.45, 7) is 1.79. The van der Waals surface area contributed by atoms with Gasteiger partial charge < -0.3 is 4.90 Å². The molecule has 2 bridgehead atoms. The first-order valence-corrected chi connectivity index (χ1v) is 10.8. The SMILES string of the molecule is O=C(C[C@@H]1C[C@H]2CC[C@H]1C2)N1CCN(S(=O)(=O)c2ccccc2)CC1. The highest BCUT2D eigenvalue weighted by Gasteiger charge is 2.41. The Hall–Kier alpha value is -1.40. The van der Waals surface area contributed by atoms with E-state index in [1.165, 1.54) is 30.0 Å². The summed E-state index contributed by atoms with van der Waals surface area (Å²) < 4.78 is 26.8. The normalized spacial score (nSPS) is 29.9. The lowest BCUT2D eigenvalue weighted by Crippen LogP contribution is -2.50. The number of fused-ring (bicyclic) bond motifs is 2. The predicted octanol–water partition coefficient (Wildman–Crippen LogP) is 2.35. The van der Waals surface area contributed by atoms with E-state index in [1.54, 1.807) is 24.3 Å². The van der Waals surface area contributed by atoms with Crippen LogP contribution in [0.15, 0.2) is 35.2 Å². The molecule has 6 heteroatoms. The zero-order valence-electron chi connectivity index (χ0n) is 14.5. The predicted molar refractivity (Wildman–Crippen MR) is 95.3 cm³/mol. The van der Waals surface area contributed by atoms with Crippen molar-refractivity contribution in [2.75, 3.05) is 26.2 Å². The number of carbonyl (C=O) groups is 1. The highest BCUT2D eigenvalue weighted by molar-refractivity contribution is 7.89. The molecule has 25 heavy (non-hydrogen) atoms. The topological polar surface area (TPSA) is 57.7 Å². The average Bonchev–Trinajstić information content (AvgIpc) is 3.25. The van der Waals surface area contributed by atoms with Gasteiger partial charge >= 0.3 is 0 Å². The number of carbonyl (C=O) groups excluding carboxylic acids is 1. The molecular weight excluding hydrogens is 336 g/mol. The van der Waals surface area contributed by atoms with Crippen molar-refractivity contribution in [1.29, 1.82) is 0 Å². The molecule has 1 amide bonds. The van der Waals surface area contributed by atoms with Crippen LogP contribution >= 0.6 is 0 Å². The number of nitrogens with zero attached hydrogens (tertiary/aromatic N) is 2. The zero-order valence-corrected chi connectivity index (χ0v) is 15.3. The van der Waals surface area contributed by atoms with Gasteiger partial charge in [-0.2, -0.15) is 4.31 Å². The molecule has 0 spiro atoms. The van der Waals surface area contributed by atoms with Gasteiger partial charge in [0.05, 0.1) is 4.90 Å². The van der Waals surface area contributed by atoms with Crippen LogP contribution in [0.3, 0.4) is 0 Å². The number of hydrogen-bond acceptors (Lipinski definition) is 3. The number of sulfonamides is 1. The van der Waals surface area contributed by atoms with Crippen molar-refractivity contribution in [3.05, 3.63) is 30.3 Å².